The van der Waals surface area contributed by atoms with Crippen LogP contribution in [0.2, 0.25) is 0 Å². The second-order valence-corrected chi connectivity index (χ2v) is 7.30. The smallest absolute Gasteiger partial charge is 0.417 e. The first-order chi connectivity index (χ1) is 15.5. The molecule has 32 heavy (non-hydrogen) atoms. The number of nitrogens with one attached hydrogen (secondary N) is 1. The number of carbonyl (C=O) groups is 3. The molecule has 1 unspecified atom stereocenters. The van der Waals surface area contributed by atoms with Crippen LogP contribution in [0, 0.1) is 0 Å². The summed E-state index contributed by atoms with van der Waals surface area (Å²) in [5.74, 6) is 0.0221. The molecule has 0 radical (unpaired) electrons. The molecule has 3 aromatic carbocycles. The largest absolute Gasteiger partial charge is 0.497 e. The van der Waals surface area contributed by atoms with Gasteiger partial charge < -0.3 is 14.8 Å². The van der Waals surface area contributed by atoms with Crippen molar-refractivity contribution in [1.82, 2.24) is 10.2 Å². The highest BCUT2D eigenvalue weighted by atomic mass is 16.6. The van der Waals surface area contributed by atoms with Crippen LogP contribution in [0.5, 0.6) is 5.75 Å². The van der Waals surface area contributed by atoms with E-state index in [1.807, 2.05) is 66.7 Å². The maximum absolute atomic E-state index is 13.0. The van der Waals surface area contributed by atoms with E-state index in [9.17, 15) is 14.4 Å². The van der Waals surface area contributed by atoms with Crippen LogP contribution in [-0.2, 0) is 9.53 Å². The van der Waals surface area contributed by atoms with E-state index in [1.165, 1.54) is 0 Å². The number of benzene rings is 3. The zero-order valence-electron chi connectivity index (χ0n) is 17.5. The molecule has 4 rings (SSSR count). The third-order valence-corrected chi connectivity index (χ3v) is 5.26. The molecule has 0 aromatic heterocycles. The summed E-state index contributed by atoms with van der Waals surface area (Å²) < 4.78 is 10.1. The lowest BCUT2D eigenvalue weighted by molar-refractivity contribution is -0.126. The van der Waals surface area contributed by atoms with Crippen molar-refractivity contribution in [1.29, 1.82) is 0 Å². The van der Waals surface area contributed by atoms with E-state index >= 15 is 0 Å². The highest BCUT2D eigenvalue weighted by Crippen LogP contribution is 2.24. The molecule has 1 N–H and O–H groups in total. The van der Waals surface area contributed by atoms with Gasteiger partial charge in [-0.2, -0.15) is 0 Å². The molecule has 7 nitrogen and oxygen atoms in total. The first-order valence-electron chi connectivity index (χ1n) is 10.1. The van der Waals surface area contributed by atoms with Crippen LogP contribution in [0.15, 0.2) is 78.9 Å². The number of imide groups is 1. The molecule has 7 heteroatoms. The molecule has 0 bridgehead atoms. The Morgan fingerprint density at radius 2 is 1.75 bits per heavy atom. The van der Waals surface area contributed by atoms with Gasteiger partial charge in [-0.05, 0) is 41.0 Å². The Morgan fingerprint density at radius 1 is 1.00 bits per heavy atom. The van der Waals surface area contributed by atoms with Gasteiger partial charge in [-0.15, -0.1) is 0 Å². The van der Waals surface area contributed by atoms with Gasteiger partial charge in [0.2, 0.25) is 0 Å². The Kier molecular flexibility index (Phi) is 6.17. The van der Waals surface area contributed by atoms with Crippen molar-refractivity contribution < 1.29 is 23.9 Å². The first kappa shape index (κ1) is 21.1. The maximum Gasteiger partial charge on any atom is 0.417 e. The second kappa shape index (κ2) is 9.34. The van der Waals surface area contributed by atoms with Crippen molar-refractivity contribution in [2.45, 2.75) is 6.04 Å². The van der Waals surface area contributed by atoms with Gasteiger partial charge in [0.25, 0.3) is 11.8 Å². The van der Waals surface area contributed by atoms with Gasteiger partial charge in [0, 0.05) is 5.56 Å². The molecule has 1 aliphatic heterocycles. The lowest BCUT2D eigenvalue weighted by Gasteiger charge is -2.23. The minimum Gasteiger partial charge on any atom is -0.497 e. The number of cyclic esters (lactones) is 1. The standard InChI is InChI=1S/C25H22N2O5/c1-31-21-9-5-8-20(14-21)17-10-12-19(13-11-17)24(29)26-22(18-6-3-2-4-7-18)15-27-23(28)16-32-25(27)30/h2-14,22H,15-16H2,1H3,(H,26,29). The number of ether oxygens (including phenoxy) is 2. The number of rotatable bonds is 7. The number of carbonyl (C=O) groups excluding carboxylic acids is 3. The van der Waals surface area contributed by atoms with Crippen LogP contribution >= 0.6 is 0 Å². The molecule has 3 aromatic rings. The van der Waals surface area contributed by atoms with Crippen molar-refractivity contribution in [3.63, 3.8) is 0 Å². The fourth-order valence-corrected chi connectivity index (χ4v) is 3.52. The highest BCUT2D eigenvalue weighted by molar-refractivity contribution is 5.98. The van der Waals surface area contributed by atoms with Gasteiger partial charge in [0.15, 0.2) is 6.61 Å². The Hall–Kier alpha value is -4.13. The second-order valence-electron chi connectivity index (χ2n) is 7.30. The molecule has 0 saturated carbocycles. The SMILES string of the molecule is COc1cccc(-c2ccc(C(=O)NC(CN3C(=O)COC3=O)c3ccccc3)cc2)c1. The summed E-state index contributed by atoms with van der Waals surface area (Å²) in [7, 11) is 1.62. The van der Waals surface area contributed by atoms with Gasteiger partial charge in [-0.1, -0.05) is 54.6 Å². The van der Waals surface area contributed by atoms with E-state index in [0.717, 1.165) is 27.3 Å². The van der Waals surface area contributed by atoms with E-state index in [0.29, 0.717) is 5.56 Å². The van der Waals surface area contributed by atoms with Crippen LogP contribution in [0.1, 0.15) is 22.0 Å². The van der Waals surface area contributed by atoms with E-state index in [4.69, 9.17) is 9.47 Å². The van der Waals surface area contributed by atoms with Crippen molar-refractivity contribution in [3.8, 4) is 16.9 Å². The quantitative estimate of drug-likeness (QED) is 0.616. The van der Waals surface area contributed by atoms with Crippen LogP contribution < -0.4 is 10.1 Å². The summed E-state index contributed by atoms with van der Waals surface area (Å²) >= 11 is 0. The first-order valence-corrected chi connectivity index (χ1v) is 10.1. The zero-order valence-corrected chi connectivity index (χ0v) is 17.5. The minimum absolute atomic E-state index is 0.00465. The minimum atomic E-state index is -0.701. The molecule has 1 heterocycles. The molecule has 1 fully saturated rings. The fraction of sp³-hybridized carbons (Fsp3) is 0.160. The van der Waals surface area contributed by atoms with Gasteiger partial charge >= 0.3 is 6.09 Å². The number of hydrogen-bond donors (Lipinski definition) is 1. The van der Waals surface area contributed by atoms with Crippen molar-refractivity contribution in [2.75, 3.05) is 20.3 Å². The molecular formula is C25H22N2O5. The predicted molar refractivity (Wildman–Crippen MR) is 118 cm³/mol. The van der Waals surface area contributed by atoms with E-state index in [1.54, 1.807) is 19.2 Å². The summed E-state index contributed by atoms with van der Waals surface area (Å²) in [5, 5.41) is 2.93. The van der Waals surface area contributed by atoms with Gasteiger partial charge in [0.05, 0.1) is 19.7 Å². The third kappa shape index (κ3) is 4.62. The van der Waals surface area contributed by atoms with Crippen molar-refractivity contribution in [2.24, 2.45) is 0 Å². The molecule has 1 aliphatic rings. The molecule has 3 amide bonds. The Morgan fingerprint density at radius 3 is 2.41 bits per heavy atom. The van der Waals surface area contributed by atoms with Crippen molar-refractivity contribution in [3.05, 3.63) is 90.0 Å². The number of nitrogens with zero attached hydrogens (tertiary/aromatic N) is 1. The number of amides is 3. The summed E-state index contributed by atoms with van der Waals surface area (Å²) in [5.41, 5.74) is 3.17. The lowest BCUT2D eigenvalue weighted by atomic mass is 10.0. The molecule has 1 saturated heterocycles. The summed E-state index contributed by atoms with van der Waals surface area (Å²) in [6, 6.07) is 23.5. The van der Waals surface area contributed by atoms with Gasteiger partial charge in [-0.3, -0.25) is 9.59 Å². The van der Waals surface area contributed by atoms with E-state index in [-0.39, 0.29) is 19.1 Å². The molecular weight excluding hydrogens is 408 g/mol. The normalized spacial score (nSPS) is 14.1. The topological polar surface area (TPSA) is 84.9 Å². The lowest BCUT2D eigenvalue weighted by Crippen LogP contribution is -2.40. The molecule has 0 spiro atoms. The number of methoxy groups -OCH3 is 1. The summed E-state index contributed by atoms with van der Waals surface area (Å²) in [4.78, 5) is 37.9. The Labute approximate surface area is 185 Å². The predicted octanol–water partition coefficient (Wildman–Crippen LogP) is 3.81. The monoisotopic (exact) mass is 430 g/mol. The molecule has 162 valence electrons. The number of hydrogen-bond acceptors (Lipinski definition) is 5. The Balaban J connectivity index is 1.52. The van der Waals surface area contributed by atoms with Crippen molar-refractivity contribution >= 4 is 17.9 Å². The van der Waals surface area contributed by atoms with Gasteiger partial charge in [-0.25, -0.2) is 9.69 Å². The van der Waals surface area contributed by atoms with Crippen LogP contribution in [0.4, 0.5) is 4.79 Å². The van der Waals surface area contributed by atoms with E-state index in [2.05, 4.69) is 5.32 Å². The summed E-state index contributed by atoms with van der Waals surface area (Å²) in [6.07, 6.45) is -0.701. The van der Waals surface area contributed by atoms with Gasteiger partial charge in [0.1, 0.15) is 5.75 Å². The Bertz CT molecular complexity index is 1110. The van der Waals surface area contributed by atoms with Crippen LogP contribution in [0.3, 0.4) is 0 Å². The van der Waals surface area contributed by atoms with Crippen LogP contribution in [-0.4, -0.2) is 43.1 Å². The summed E-state index contributed by atoms with van der Waals surface area (Å²) in [6.45, 7) is -0.282. The molecule has 0 aliphatic carbocycles. The molecule has 1 atom stereocenters. The average molecular weight is 430 g/mol. The average Bonchev–Trinajstić information content (AvgIpc) is 3.16. The maximum atomic E-state index is 13.0. The third-order valence-electron chi connectivity index (χ3n) is 5.26. The van der Waals surface area contributed by atoms with E-state index < -0.39 is 18.0 Å². The highest BCUT2D eigenvalue weighted by Gasteiger charge is 2.33. The fourth-order valence-electron chi connectivity index (χ4n) is 3.52. The zero-order chi connectivity index (χ0) is 22.5. The van der Waals surface area contributed by atoms with Crippen LogP contribution in [0.25, 0.3) is 11.1 Å².